The lowest BCUT2D eigenvalue weighted by molar-refractivity contribution is 1.12. The van der Waals surface area contributed by atoms with Crippen molar-refractivity contribution in [2.24, 2.45) is 0 Å². The highest BCUT2D eigenvalue weighted by molar-refractivity contribution is 9.10. The van der Waals surface area contributed by atoms with Crippen LogP contribution in [0.4, 0.5) is 0 Å². The Labute approximate surface area is 111 Å². The van der Waals surface area contributed by atoms with Crippen molar-refractivity contribution in [1.82, 2.24) is 14.4 Å². The molecular weight excluding hydrogens is 302 g/mol. The van der Waals surface area contributed by atoms with Gasteiger partial charge in [-0.25, -0.2) is 9.97 Å². The van der Waals surface area contributed by atoms with Crippen LogP contribution in [0.1, 0.15) is 0 Å². The molecule has 0 unspecified atom stereocenters. The number of benzene rings is 1. The summed E-state index contributed by atoms with van der Waals surface area (Å²) in [4.78, 5) is 8.73. The molecule has 0 aliphatic carbocycles. The number of nitrogens with zero attached hydrogens (tertiary/aromatic N) is 3. The van der Waals surface area contributed by atoms with Crippen LogP contribution < -0.4 is 0 Å². The second-order valence-corrected chi connectivity index (χ2v) is 4.74. The molecule has 1 aromatic carbocycles. The molecule has 3 nitrogen and oxygen atoms in total. The zero-order chi connectivity index (χ0) is 11.8. The molecule has 0 saturated heterocycles. The third-order valence-corrected chi connectivity index (χ3v) is 3.21. The fourth-order valence-corrected chi connectivity index (χ4v) is 2.37. The van der Waals surface area contributed by atoms with Gasteiger partial charge in [-0.15, -0.1) is 0 Å². The first kappa shape index (κ1) is 10.7. The Morgan fingerprint density at radius 1 is 1.24 bits per heavy atom. The smallest absolute Gasteiger partial charge is 0.171 e. The Morgan fingerprint density at radius 3 is 2.94 bits per heavy atom. The van der Waals surface area contributed by atoms with Gasteiger partial charge < -0.3 is 0 Å². The van der Waals surface area contributed by atoms with Crippen molar-refractivity contribution in [3.63, 3.8) is 0 Å². The second-order valence-electron chi connectivity index (χ2n) is 3.55. The Kier molecular flexibility index (Phi) is 2.61. The van der Waals surface area contributed by atoms with E-state index in [1.54, 1.807) is 6.20 Å². The maximum absolute atomic E-state index is 5.99. The lowest BCUT2D eigenvalue weighted by Crippen LogP contribution is -1.89. The van der Waals surface area contributed by atoms with Crippen LogP contribution in [0.25, 0.3) is 17.0 Å². The third kappa shape index (κ3) is 1.83. The van der Waals surface area contributed by atoms with Crippen molar-refractivity contribution < 1.29 is 0 Å². The van der Waals surface area contributed by atoms with Gasteiger partial charge in [0.2, 0.25) is 0 Å². The van der Waals surface area contributed by atoms with Gasteiger partial charge in [0.15, 0.2) is 10.3 Å². The van der Waals surface area contributed by atoms with E-state index in [4.69, 9.17) is 11.6 Å². The van der Waals surface area contributed by atoms with E-state index in [1.807, 2.05) is 40.9 Å². The van der Waals surface area contributed by atoms with Crippen molar-refractivity contribution in [2.45, 2.75) is 0 Å². The number of rotatable bonds is 1. The monoisotopic (exact) mass is 307 g/mol. The average molecular weight is 309 g/mol. The number of hydrogen-bond acceptors (Lipinski definition) is 2. The van der Waals surface area contributed by atoms with Gasteiger partial charge in [-0.2, -0.15) is 0 Å². The van der Waals surface area contributed by atoms with E-state index in [1.165, 1.54) is 0 Å². The summed E-state index contributed by atoms with van der Waals surface area (Å²) in [5, 5.41) is 0.694. The lowest BCUT2D eigenvalue weighted by atomic mass is 10.2. The van der Waals surface area contributed by atoms with E-state index in [0.29, 0.717) is 5.02 Å². The summed E-state index contributed by atoms with van der Waals surface area (Å²) in [5.41, 5.74) is 1.76. The van der Waals surface area contributed by atoms with Crippen LogP contribution in [0.3, 0.4) is 0 Å². The summed E-state index contributed by atoms with van der Waals surface area (Å²) in [7, 11) is 0. The molecule has 0 spiro atoms. The van der Waals surface area contributed by atoms with Gasteiger partial charge in [0, 0.05) is 23.0 Å². The first-order chi connectivity index (χ1) is 8.25. The molecule has 2 heterocycles. The third-order valence-electron chi connectivity index (χ3n) is 2.45. The highest BCUT2D eigenvalue weighted by Crippen LogP contribution is 2.26. The van der Waals surface area contributed by atoms with Crippen LogP contribution >= 0.6 is 27.5 Å². The van der Waals surface area contributed by atoms with Crippen LogP contribution in [-0.4, -0.2) is 14.4 Å². The fourth-order valence-electron chi connectivity index (χ4n) is 1.72. The van der Waals surface area contributed by atoms with Crippen LogP contribution in [0.5, 0.6) is 0 Å². The molecule has 5 heteroatoms. The molecule has 2 aromatic heterocycles. The molecule has 3 aromatic rings. The fraction of sp³-hybridized carbons (Fsp3) is 0. The number of fused-ring (bicyclic) bond motifs is 1. The summed E-state index contributed by atoms with van der Waals surface area (Å²) in [6.07, 6.45) is 3.67. The Hall–Kier alpha value is -1.39. The van der Waals surface area contributed by atoms with Gasteiger partial charge in [-0.3, -0.25) is 4.40 Å². The Balaban J connectivity index is 2.31. The van der Waals surface area contributed by atoms with Crippen molar-refractivity contribution in [3.05, 3.63) is 52.4 Å². The van der Waals surface area contributed by atoms with Gasteiger partial charge in [-0.05, 0) is 34.1 Å². The van der Waals surface area contributed by atoms with Crippen molar-refractivity contribution in [1.29, 1.82) is 0 Å². The summed E-state index contributed by atoms with van der Waals surface area (Å²) in [6, 6.07) is 9.47. The molecule has 0 aliphatic heterocycles. The average Bonchev–Trinajstić information content (AvgIpc) is 2.68. The highest BCUT2D eigenvalue weighted by Gasteiger charge is 2.11. The van der Waals surface area contributed by atoms with E-state index < -0.39 is 0 Å². The minimum atomic E-state index is 0.694. The zero-order valence-corrected chi connectivity index (χ0v) is 11.0. The van der Waals surface area contributed by atoms with Gasteiger partial charge in [-0.1, -0.05) is 23.7 Å². The number of aromatic nitrogens is 3. The van der Waals surface area contributed by atoms with Crippen LogP contribution in [0.15, 0.2) is 47.3 Å². The van der Waals surface area contributed by atoms with Crippen LogP contribution in [0.2, 0.25) is 5.02 Å². The van der Waals surface area contributed by atoms with Crippen molar-refractivity contribution in [3.8, 4) is 11.4 Å². The van der Waals surface area contributed by atoms with Gasteiger partial charge in [0.1, 0.15) is 5.82 Å². The van der Waals surface area contributed by atoms with Crippen molar-refractivity contribution in [2.75, 3.05) is 0 Å². The molecule has 0 fully saturated rings. The zero-order valence-electron chi connectivity index (χ0n) is 8.64. The molecule has 0 radical (unpaired) electrons. The molecular formula is C12H7BrClN3. The molecule has 3 rings (SSSR count). The predicted molar refractivity (Wildman–Crippen MR) is 71.1 cm³/mol. The van der Waals surface area contributed by atoms with Crippen LogP contribution in [-0.2, 0) is 0 Å². The predicted octanol–water partition coefficient (Wildman–Crippen LogP) is 3.81. The minimum absolute atomic E-state index is 0.694. The Bertz CT molecular complexity index is 693. The van der Waals surface area contributed by atoms with Gasteiger partial charge in [0.25, 0.3) is 0 Å². The molecule has 0 amide bonds. The lowest BCUT2D eigenvalue weighted by Gasteiger charge is -2.00. The summed E-state index contributed by atoms with van der Waals surface area (Å²) >= 11 is 9.39. The molecule has 0 bridgehead atoms. The maximum atomic E-state index is 5.99. The van der Waals surface area contributed by atoms with E-state index in [-0.39, 0.29) is 0 Å². The second kappa shape index (κ2) is 4.13. The summed E-state index contributed by atoms with van der Waals surface area (Å²) < 4.78 is 2.66. The molecule has 0 N–H and O–H groups in total. The number of halogens is 2. The standard InChI is InChI=1S/C12H7BrClN3/c13-10-12-15-5-2-6-17(12)11(16-10)8-3-1-4-9(14)7-8/h1-7H. The largest absolute Gasteiger partial charge is 0.283 e. The van der Waals surface area contributed by atoms with Gasteiger partial charge in [0.05, 0.1) is 0 Å². The summed E-state index contributed by atoms with van der Waals surface area (Å²) in [6.45, 7) is 0. The van der Waals surface area contributed by atoms with E-state index in [2.05, 4.69) is 25.9 Å². The van der Waals surface area contributed by atoms with Crippen LogP contribution in [0, 0.1) is 0 Å². The molecule has 0 saturated carbocycles. The molecule has 84 valence electrons. The quantitative estimate of drug-likeness (QED) is 0.684. The minimum Gasteiger partial charge on any atom is -0.283 e. The number of hydrogen-bond donors (Lipinski definition) is 0. The van der Waals surface area contributed by atoms with E-state index in [0.717, 1.165) is 21.6 Å². The van der Waals surface area contributed by atoms with E-state index >= 15 is 0 Å². The van der Waals surface area contributed by atoms with Crippen molar-refractivity contribution >= 4 is 33.2 Å². The molecule has 0 atom stereocenters. The topological polar surface area (TPSA) is 30.2 Å². The normalized spacial score (nSPS) is 10.9. The first-order valence-electron chi connectivity index (χ1n) is 5.00. The SMILES string of the molecule is Clc1cccc(-c2nc(Br)c3ncccn23)c1. The molecule has 17 heavy (non-hydrogen) atoms. The summed E-state index contributed by atoms with van der Waals surface area (Å²) in [5.74, 6) is 0.822. The highest BCUT2D eigenvalue weighted by atomic mass is 79.9. The maximum Gasteiger partial charge on any atom is 0.171 e. The van der Waals surface area contributed by atoms with E-state index in [9.17, 15) is 0 Å². The first-order valence-corrected chi connectivity index (χ1v) is 6.17. The molecule has 0 aliphatic rings. The van der Waals surface area contributed by atoms with Gasteiger partial charge >= 0.3 is 0 Å². The number of imidazole rings is 1. The Morgan fingerprint density at radius 2 is 2.12 bits per heavy atom.